The Balaban J connectivity index is 1.56. The van der Waals surface area contributed by atoms with Gasteiger partial charge < -0.3 is 19.7 Å². The summed E-state index contributed by atoms with van der Waals surface area (Å²) in [6.45, 7) is 6.47. The normalized spacial score (nSPS) is 16.3. The van der Waals surface area contributed by atoms with Crippen molar-refractivity contribution in [3.8, 4) is 11.1 Å². The largest absolute Gasteiger partial charge is 0.444 e. The zero-order chi connectivity index (χ0) is 24.9. The molecule has 1 aliphatic rings. The molecule has 1 N–H and O–H groups in total. The molecule has 1 amide bonds. The summed E-state index contributed by atoms with van der Waals surface area (Å²) in [6.07, 6.45) is 3.50. The zero-order valence-electron chi connectivity index (χ0n) is 20.6. The van der Waals surface area contributed by atoms with E-state index in [2.05, 4.69) is 34.6 Å². The van der Waals surface area contributed by atoms with Crippen LogP contribution in [0, 0.1) is 5.41 Å². The third-order valence-corrected chi connectivity index (χ3v) is 6.44. The molecular weight excluding hydrogens is 438 g/mol. The molecule has 1 fully saturated rings. The fourth-order valence-corrected chi connectivity index (χ4v) is 4.52. The molecule has 0 saturated carbocycles. The molecule has 3 aromatic rings. The summed E-state index contributed by atoms with van der Waals surface area (Å²) in [5.41, 5.74) is 2.74. The Labute approximate surface area is 207 Å². The van der Waals surface area contributed by atoms with Crippen LogP contribution in [0.25, 0.3) is 11.1 Å². The van der Waals surface area contributed by atoms with Gasteiger partial charge in [0.15, 0.2) is 0 Å². The van der Waals surface area contributed by atoms with Gasteiger partial charge in [0.05, 0.1) is 17.2 Å². The molecule has 182 valence electrons. The Kier molecular flexibility index (Phi) is 7.20. The number of ether oxygens (including phenoxy) is 1. The molecule has 1 atom stereocenters. The van der Waals surface area contributed by atoms with Crippen LogP contribution in [0.5, 0.6) is 0 Å². The lowest BCUT2D eigenvalue weighted by molar-refractivity contribution is -0.120. The van der Waals surface area contributed by atoms with Gasteiger partial charge in [0.2, 0.25) is 0 Å². The molecule has 0 bridgehead atoms. The van der Waals surface area contributed by atoms with Gasteiger partial charge in [0.1, 0.15) is 11.9 Å². The number of aldehydes is 1. The molecule has 1 saturated heterocycles. The van der Waals surface area contributed by atoms with Crippen molar-refractivity contribution in [2.45, 2.75) is 45.3 Å². The fraction of sp³-hybridized carbons (Fsp3) is 0.345. The zero-order valence-corrected chi connectivity index (χ0v) is 20.6. The van der Waals surface area contributed by atoms with Crippen LogP contribution in [0.15, 0.2) is 79.0 Å². The van der Waals surface area contributed by atoms with Gasteiger partial charge in [-0.2, -0.15) is 0 Å². The highest BCUT2D eigenvalue weighted by Crippen LogP contribution is 2.43. The standard InChI is InChI=1S/C29H33N3O3/c1-28(2,3)35-27(34)32-19-16-29(21-33,17-20-32)26(25-11-7-8-18-30-25)31-24-14-12-23(13-15-24)22-9-5-4-6-10-22/h4-15,18,21,26,31H,16-17,19-20H2,1-3H3. The number of hydrogen-bond acceptors (Lipinski definition) is 5. The van der Waals surface area contributed by atoms with Crippen LogP contribution >= 0.6 is 0 Å². The van der Waals surface area contributed by atoms with Gasteiger partial charge in [-0.3, -0.25) is 4.98 Å². The highest BCUT2D eigenvalue weighted by atomic mass is 16.6. The molecule has 0 radical (unpaired) electrons. The minimum absolute atomic E-state index is 0.329. The first-order valence-corrected chi connectivity index (χ1v) is 12.1. The number of hydrogen-bond donors (Lipinski definition) is 1. The maximum absolute atomic E-state index is 12.6. The van der Waals surface area contributed by atoms with Crippen LogP contribution < -0.4 is 5.32 Å². The van der Waals surface area contributed by atoms with E-state index >= 15 is 0 Å². The van der Waals surface area contributed by atoms with Crippen molar-refractivity contribution >= 4 is 18.1 Å². The molecule has 1 unspecified atom stereocenters. The van der Waals surface area contributed by atoms with E-state index in [1.165, 1.54) is 0 Å². The first-order valence-electron chi connectivity index (χ1n) is 12.1. The number of rotatable bonds is 6. The van der Waals surface area contributed by atoms with Crippen molar-refractivity contribution in [3.63, 3.8) is 0 Å². The van der Waals surface area contributed by atoms with Crippen LogP contribution in [-0.2, 0) is 9.53 Å². The summed E-state index contributed by atoms with van der Waals surface area (Å²) in [5, 5.41) is 3.59. The Hall–Kier alpha value is -3.67. The second-order valence-corrected chi connectivity index (χ2v) is 10.1. The first-order chi connectivity index (χ1) is 16.8. The first kappa shape index (κ1) is 24.5. The molecule has 2 heterocycles. The number of carbonyl (C=O) groups is 2. The van der Waals surface area contributed by atoms with E-state index in [0.29, 0.717) is 25.9 Å². The molecule has 0 aliphatic carbocycles. The molecular formula is C29H33N3O3. The summed E-state index contributed by atoms with van der Waals surface area (Å²) in [4.78, 5) is 31.5. The maximum Gasteiger partial charge on any atom is 0.410 e. The van der Waals surface area contributed by atoms with Crippen molar-refractivity contribution in [2.24, 2.45) is 5.41 Å². The number of carbonyl (C=O) groups excluding carboxylic acids is 2. The Bertz CT molecular complexity index is 1120. The van der Waals surface area contributed by atoms with Crippen molar-refractivity contribution in [3.05, 3.63) is 84.7 Å². The number of nitrogens with zero attached hydrogens (tertiary/aromatic N) is 2. The predicted molar refractivity (Wildman–Crippen MR) is 138 cm³/mol. The number of likely N-dealkylation sites (tertiary alicyclic amines) is 1. The number of piperidine rings is 1. The van der Waals surface area contributed by atoms with Crippen molar-refractivity contribution < 1.29 is 14.3 Å². The van der Waals surface area contributed by atoms with Crippen LogP contribution in [-0.4, -0.2) is 41.0 Å². The molecule has 1 aromatic heterocycles. The van der Waals surface area contributed by atoms with E-state index in [0.717, 1.165) is 28.8 Å². The Morgan fingerprint density at radius 1 is 0.971 bits per heavy atom. The summed E-state index contributed by atoms with van der Waals surface area (Å²) in [7, 11) is 0. The van der Waals surface area contributed by atoms with Crippen molar-refractivity contribution in [1.82, 2.24) is 9.88 Å². The summed E-state index contributed by atoms with van der Waals surface area (Å²) < 4.78 is 5.54. The monoisotopic (exact) mass is 471 g/mol. The number of nitrogens with one attached hydrogen (secondary N) is 1. The van der Waals surface area contributed by atoms with Crippen LogP contribution in [0.3, 0.4) is 0 Å². The molecule has 35 heavy (non-hydrogen) atoms. The number of aromatic nitrogens is 1. The second-order valence-electron chi connectivity index (χ2n) is 10.1. The van der Waals surface area contributed by atoms with E-state index in [1.807, 2.05) is 69.3 Å². The van der Waals surface area contributed by atoms with E-state index in [4.69, 9.17) is 4.74 Å². The predicted octanol–water partition coefficient (Wildman–Crippen LogP) is 6.12. The molecule has 6 nitrogen and oxygen atoms in total. The van der Waals surface area contributed by atoms with Crippen LogP contribution in [0.1, 0.15) is 45.3 Å². The van der Waals surface area contributed by atoms with Crippen LogP contribution in [0.4, 0.5) is 10.5 Å². The number of anilines is 1. The Morgan fingerprint density at radius 3 is 2.17 bits per heavy atom. The second kappa shape index (κ2) is 10.3. The Morgan fingerprint density at radius 2 is 1.60 bits per heavy atom. The maximum atomic E-state index is 12.6. The summed E-state index contributed by atoms with van der Waals surface area (Å²) in [6, 6.07) is 23.9. The SMILES string of the molecule is CC(C)(C)OC(=O)N1CCC(C=O)(C(Nc2ccc(-c3ccccc3)cc2)c2ccccn2)CC1. The third kappa shape index (κ3) is 5.88. The van der Waals surface area contributed by atoms with Gasteiger partial charge in [-0.05, 0) is 69.0 Å². The molecule has 6 heteroatoms. The average molecular weight is 472 g/mol. The molecule has 1 aliphatic heterocycles. The van der Waals surface area contributed by atoms with Crippen molar-refractivity contribution in [2.75, 3.05) is 18.4 Å². The lowest BCUT2D eigenvalue weighted by Gasteiger charge is -2.43. The van der Waals surface area contributed by atoms with E-state index in [9.17, 15) is 9.59 Å². The minimum atomic E-state index is -0.703. The lowest BCUT2D eigenvalue weighted by Crippen LogP contribution is -2.49. The fourth-order valence-electron chi connectivity index (χ4n) is 4.52. The molecule has 0 spiro atoms. The van der Waals surface area contributed by atoms with Crippen molar-refractivity contribution in [1.29, 1.82) is 0 Å². The minimum Gasteiger partial charge on any atom is -0.444 e. The lowest BCUT2D eigenvalue weighted by atomic mass is 9.72. The van der Waals surface area contributed by atoms with Gasteiger partial charge in [0, 0.05) is 25.0 Å². The average Bonchev–Trinajstić information content (AvgIpc) is 2.88. The topological polar surface area (TPSA) is 71.5 Å². The smallest absolute Gasteiger partial charge is 0.410 e. The number of benzene rings is 2. The number of pyridine rings is 1. The third-order valence-electron chi connectivity index (χ3n) is 6.44. The summed E-state index contributed by atoms with van der Waals surface area (Å²) >= 11 is 0. The van der Waals surface area contributed by atoms with Gasteiger partial charge in [-0.25, -0.2) is 4.79 Å². The quantitative estimate of drug-likeness (QED) is 0.439. The highest BCUT2D eigenvalue weighted by molar-refractivity contribution is 5.70. The van der Waals surface area contributed by atoms with E-state index in [1.54, 1.807) is 11.1 Å². The summed E-state index contributed by atoms with van der Waals surface area (Å²) in [5.74, 6) is 0. The number of amides is 1. The molecule has 2 aromatic carbocycles. The van der Waals surface area contributed by atoms with Gasteiger partial charge >= 0.3 is 6.09 Å². The van der Waals surface area contributed by atoms with Gasteiger partial charge in [-0.1, -0.05) is 48.5 Å². The van der Waals surface area contributed by atoms with Gasteiger partial charge in [0.25, 0.3) is 0 Å². The van der Waals surface area contributed by atoms with E-state index < -0.39 is 11.0 Å². The van der Waals surface area contributed by atoms with Gasteiger partial charge in [-0.15, -0.1) is 0 Å². The van der Waals surface area contributed by atoms with E-state index in [-0.39, 0.29) is 12.1 Å². The molecule has 4 rings (SSSR count). The highest BCUT2D eigenvalue weighted by Gasteiger charge is 2.44. The van der Waals surface area contributed by atoms with Crippen LogP contribution in [0.2, 0.25) is 0 Å².